The summed E-state index contributed by atoms with van der Waals surface area (Å²) >= 11 is 2.21. The van der Waals surface area contributed by atoms with Gasteiger partial charge >= 0.3 is 0 Å². The van der Waals surface area contributed by atoms with E-state index < -0.39 is 0 Å². The highest BCUT2D eigenvalue weighted by molar-refractivity contribution is 14.1. The lowest BCUT2D eigenvalue weighted by Gasteiger charge is -2.05. The molecule has 0 saturated heterocycles. The maximum absolute atomic E-state index is 11.7. The van der Waals surface area contributed by atoms with Crippen LogP contribution < -0.4 is 5.43 Å². The molecule has 0 aliphatic heterocycles. The van der Waals surface area contributed by atoms with Crippen molar-refractivity contribution in [2.75, 3.05) is 5.43 Å². The molecule has 1 N–H and O–H groups in total. The number of benzene rings is 1. The van der Waals surface area contributed by atoms with Crippen LogP contribution in [-0.4, -0.2) is 10.6 Å². The highest BCUT2D eigenvalue weighted by Gasteiger charge is 2.04. The first-order chi connectivity index (χ1) is 7.25. The van der Waals surface area contributed by atoms with E-state index in [0.29, 0.717) is 5.56 Å². The van der Waals surface area contributed by atoms with Crippen LogP contribution in [0.3, 0.4) is 0 Å². The molecule has 1 aromatic heterocycles. The molecule has 0 saturated carbocycles. The van der Waals surface area contributed by atoms with Crippen molar-refractivity contribution in [2.24, 2.45) is 0 Å². The number of carbonyl (C=O) groups is 1. The molecule has 0 fully saturated rings. The van der Waals surface area contributed by atoms with E-state index in [9.17, 15) is 4.79 Å². The van der Waals surface area contributed by atoms with Crippen molar-refractivity contribution in [2.45, 2.75) is 0 Å². The highest BCUT2D eigenvalue weighted by atomic mass is 127. The fraction of sp³-hybridized carbons (Fsp3) is 0. The first-order valence-corrected chi connectivity index (χ1v) is 5.53. The Balaban J connectivity index is 2.11. The second-order valence-corrected chi connectivity index (χ2v) is 4.28. The Labute approximate surface area is 101 Å². The number of nitrogens with zero attached hydrogens (tertiary/aromatic N) is 1. The van der Waals surface area contributed by atoms with Crippen molar-refractivity contribution in [1.29, 1.82) is 0 Å². The smallest absolute Gasteiger partial charge is 0.268 e. The number of aromatic nitrogens is 1. The second kappa shape index (κ2) is 4.48. The summed E-state index contributed by atoms with van der Waals surface area (Å²) in [6.07, 6.45) is 3.56. The minimum absolute atomic E-state index is 0.109. The van der Waals surface area contributed by atoms with E-state index in [1.54, 1.807) is 29.2 Å². The largest absolute Gasteiger partial charge is 0.270 e. The lowest BCUT2D eigenvalue weighted by Crippen LogP contribution is -2.21. The average molecular weight is 312 g/mol. The van der Waals surface area contributed by atoms with Crippen LogP contribution in [0.4, 0.5) is 0 Å². The van der Waals surface area contributed by atoms with Crippen molar-refractivity contribution in [3.63, 3.8) is 0 Å². The molecule has 0 unspecified atom stereocenters. The molecule has 15 heavy (non-hydrogen) atoms. The number of halogens is 1. The van der Waals surface area contributed by atoms with Crippen molar-refractivity contribution in [3.8, 4) is 0 Å². The molecule has 0 aliphatic rings. The summed E-state index contributed by atoms with van der Waals surface area (Å²) in [6.45, 7) is 0. The lowest BCUT2D eigenvalue weighted by atomic mass is 10.2. The van der Waals surface area contributed by atoms with E-state index in [0.717, 1.165) is 3.57 Å². The van der Waals surface area contributed by atoms with Crippen molar-refractivity contribution in [3.05, 3.63) is 57.9 Å². The van der Waals surface area contributed by atoms with Gasteiger partial charge < -0.3 is 0 Å². The lowest BCUT2D eigenvalue weighted by molar-refractivity contribution is 0.101. The van der Waals surface area contributed by atoms with Crippen molar-refractivity contribution < 1.29 is 4.79 Å². The van der Waals surface area contributed by atoms with Gasteiger partial charge in [0, 0.05) is 21.5 Å². The van der Waals surface area contributed by atoms with E-state index in [1.165, 1.54) is 0 Å². The molecule has 0 atom stereocenters. The SMILES string of the molecule is O=C(Nn1cccc1)c1ccc(I)cc1. The Kier molecular flexibility index (Phi) is 3.05. The second-order valence-electron chi connectivity index (χ2n) is 3.04. The molecule has 0 spiro atoms. The van der Waals surface area contributed by atoms with Gasteiger partial charge in [-0.3, -0.25) is 14.9 Å². The average Bonchev–Trinajstić information content (AvgIpc) is 2.71. The molecule has 0 bridgehead atoms. The number of carbonyl (C=O) groups excluding carboxylic acids is 1. The van der Waals surface area contributed by atoms with Crippen LogP contribution in [0.25, 0.3) is 0 Å². The number of amides is 1. The zero-order chi connectivity index (χ0) is 10.7. The van der Waals surface area contributed by atoms with Gasteiger partial charge in [0.05, 0.1) is 0 Å². The minimum Gasteiger partial charge on any atom is -0.268 e. The van der Waals surface area contributed by atoms with Crippen molar-refractivity contribution >= 4 is 28.5 Å². The van der Waals surface area contributed by atoms with E-state index >= 15 is 0 Å². The van der Waals surface area contributed by atoms with Gasteiger partial charge in [-0.15, -0.1) is 0 Å². The summed E-state index contributed by atoms with van der Waals surface area (Å²) in [5, 5.41) is 0. The number of hydrogen-bond donors (Lipinski definition) is 1. The highest BCUT2D eigenvalue weighted by Crippen LogP contribution is 2.06. The Morgan fingerprint density at radius 3 is 2.33 bits per heavy atom. The topological polar surface area (TPSA) is 34.0 Å². The van der Waals surface area contributed by atoms with Crippen LogP contribution in [0, 0.1) is 3.57 Å². The van der Waals surface area contributed by atoms with E-state index in [-0.39, 0.29) is 5.91 Å². The van der Waals surface area contributed by atoms with Crippen LogP contribution in [0.1, 0.15) is 10.4 Å². The Morgan fingerprint density at radius 1 is 1.13 bits per heavy atom. The first-order valence-electron chi connectivity index (χ1n) is 4.45. The van der Waals surface area contributed by atoms with Gasteiger partial charge in [0.2, 0.25) is 0 Å². The molecule has 1 aromatic carbocycles. The van der Waals surface area contributed by atoms with Gasteiger partial charge in [-0.25, -0.2) is 0 Å². The summed E-state index contributed by atoms with van der Waals surface area (Å²) in [6, 6.07) is 11.1. The van der Waals surface area contributed by atoms with Gasteiger partial charge in [-0.05, 0) is 59.0 Å². The molecule has 0 aliphatic carbocycles. The predicted octanol–water partition coefficient (Wildman–Crippen LogP) is 2.48. The zero-order valence-corrected chi connectivity index (χ0v) is 10.0. The Morgan fingerprint density at radius 2 is 1.73 bits per heavy atom. The molecule has 4 heteroatoms. The normalized spacial score (nSPS) is 9.93. The molecule has 3 nitrogen and oxygen atoms in total. The zero-order valence-electron chi connectivity index (χ0n) is 7.85. The third-order valence-corrected chi connectivity index (χ3v) is 2.66. The quantitative estimate of drug-likeness (QED) is 0.849. The summed E-state index contributed by atoms with van der Waals surface area (Å²) in [5.74, 6) is -0.109. The van der Waals surface area contributed by atoms with Gasteiger partial charge in [0.15, 0.2) is 0 Å². The maximum atomic E-state index is 11.7. The van der Waals surface area contributed by atoms with E-state index in [2.05, 4.69) is 28.0 Å². The van der Waals surface area contributed by atoms with Crippen LogP contribution in [0.2, 0.25) is 0 Å². The van der Waals surface area contributed by atoms with Gasteiger partial charge in [0.25, 0.3) is 5.91 Å². The van der Waals surface area contributed by atoms with Crippen LogP contribution in [-0.2, 0) is 0 Å². The fourth-order valence-corrected chi connectivity index (χ4v) is 1.55. The van der Waals surface area contributed by atoms with E-state index in [4.69, 9.17) is 0 Å². The summed E-state index contributed by atoms with van der Waals surface area (Å²) in [7, 11) is 0. The van der Waals surface area contributed by atoms with Crippen molar-refractivity contribution in [1.82, 2.24) is 4.68 Å². The third kappa shape index (κ3) is 2.59. The third-order valence-electron chi connectivity index (χ3n) is 1.94. The summed E-state index contributed by atoms with van der Waals surface area (Å²) in [5.41, 5.74) is 3.39. The molecule has 0 radical (unpaired) electrons. The fourth-order valence-electron chi connectivity index (χ4n) is 1.19. The van der Waals surface area contributed by atoms with Crippen LogP contribution in [0.5, 0.6) is 0 Å². The standard InChI is InChI=1S/C11H9IN2O/c12-10-5-3-9(4-6-10)11(15)13-14-7-1-2-8-14/h1-8H,(H,13,15). The summed E-state index contributed by atoms with van der Waals surface area (Å²) < 4.78 is 2.74. The number of rotatable bonds is 2. The predicted molar refractivity (Wildman–Crippen MR) is 67.3 cm³/mol. The monoisotopic (exact) mass is 312 g/mol. The molecule has 1 amide bonds. The molecule has 1 heterocycles. The van der Waals surface area contributed by atoms with Crippen LogP contribution >= 0.6 is 22.6 Å². The first kappa shape index (κ1) is 10.2. The molecular weight excluding hydrogens is 303 g/mol. The Bertz CT molecular complexity index is 448. The van der Waals surface area contributed by atoms with Gasteiger partial charge in [-0.2, -0.15) is 0 Å². The van der Waals surface area contributed by atoms with E-state index in [1.807, 2.05) is 24.3 Å². The number of hydrogen-bond acceptors (Lipinski definition) is 1. The maximum Gasteiger partial charge on any atom is 0.270 e. The molecular formula is C11H9IN2O. The molecule has 2 rings (SSSR count). The Hall–Kier alpha value is -1.30. The van der Waals surface area contributed by atoms with Gasteiger partial charge in [-0.1, -0.05) is 0 Å². The molecule has 76 valence electrons. The number of nitrogens with one attached hydrogen (secondary N) is 1. The minimum atomic E-state index is -0.109. The molecule has 2 aromatic rings. The van der Waals surface area contributed by atoms with Gasteiger partial charge in [0.1, 0.15) is 0 Å². The van der Waals surface area contributed by atoms with Crippen LogP contribution in [0.15, 0.2) is 48.8 Å². The summed E-state index contributed by atoms with van der Waals surface area (Å²) in [4.78, 5) is 11.7.